The van der Waals surface area contributed by atoms with Crippen molar-refractivity contribution in [1.29, 1.82) is 0 Å². The fraction of sp³-hybridized carbons (Fsp3) is 1.00. The molecule has 1 heterocycles. The Hall–Kier alpha value is -0.240. The molecule has 6 nitrogen and oxygen atoms in total. The molecular formula is C19H40N2O4. The van der Waals surface area contributed by atoms with Gasteiger partial charge >= 0.3 is 0 Å². The molecule has 0 spiro atoms. The van der Waals surface area contributed by atoms with Gasteiger partial charge in [-0.3, -0.25) is 9.80 Å². The smallest absolute Gasteiger partial charge is 0.0615 e. The van der Waals surface area contributed by atoms with Crippen LogP contribution in [0.5, 0.6) is 0 Å². The fourth-order valence-corrected chi connectivity index (χ4v) is 3.94. The van der Waals surface area contributed by atoms with Gasteiger partial charge in [0.05, 0.1) is 32.6 Å². The molecule has 0 aliphatic carbocycles. The summed E-state index contributed by atoms with van der Waals surface area (Å²) in [5.74, 6) is 0.902. The van der Waals surface area contributed by atoms with Crippen molar-refractivity contribution in [2.45, 2.75) is 65.6 Å². The Labute approximate surface area is 153 Å². The van der Waals surface area contributed by atoms with Crippen molar-refractivity contribution >= 4 is 0 Å². The van der Waals surface area contributed by atoms with Crippen molar-refractivity contribution < 1.29 is 20.4 Å². The largest absolute Gasteiger partial charge is 0.396 e. The lowest BCUT2D eigenvalue weighted by molar-refractivity contribution is -0.129. The third-order valence-corrected chi connectivity index (χ3v) is 5.54. The number of rotatable bonds is 10. The second-order valence-corrected chi connectivity index (χ2v) is 8.76. The van der Waals surface area contributed by atoms with Gasteiger partial charge in [-0.2, -0.15) is 0 Å². The van der Waals surface area contributed by atoms with Crippen LogP contribution in [0.3, 0.4) is 0 Å². The van der Waals surface area contributed by atoms with Crippen LogP contribution in [0.2, 0.25) is 0 Å². The summed E-state index contributed by atoms with van der Waals surface area (Å²) in [4.78, 5) is 4.35. The standard InChI is InChI=1S/C19H40N2O4/c1-14(2)6-17(8-22)20-10-19(12-24,16(5)25)11-21(13-20)18(9-23)7-15(3)4/h14-18,22-25H,6-13H2,1-5H3/t16?,17-,18-/m0/s1. The van der Waals surface area contributed by atoms with Gasteiger partial charge in [0.25, 0.3) is 0 Å². The lowest BCUT2D eigenvalue weighted by Gasteiger charge is -2.52. The summed E-state index contributed by atoms with van der Waals surface area (Å²) in [5.41, 5.74) is -0.660. The third kappa shape index (κ3) is 6.15. The molecule has 6 heteroatoms. The highest BCUT2D eigenvalue weighted by atomic mass is 16.3. The van der Waals surface area contributed by atoms with Gasteiger partial charge in [0.2, 0.25) is 0 Å². The first-order valence-electron chi connectivity index (χ1n) is 9.67. The highest BCUT2D eigenvalue weighted by Crippen LogP contribution is 2.33. The van der Waals surface area contributed by atoms with E-state index < -0.39 is 11.5 Å². The van der Waals surface area contributed by atoms with E-state index in [-0.39, 0.29) is 31.9 Å². The molecule has 0 amide bonds. The van der Waals surface area contributed by atoms with Gasteiger partial charge in [0.15, 0.2) is 0 Å². The minimum Gasteiger partial charge on any atom is -0.396 e. The van der Waals surface area contributed by atoms with E-state index in [2.05, 4.69) is 37.5 Å². The Balaban J connectivity index is 3.09. The topological polar surface area (TPSA) is 87.4 Å². The molecule has 0 radical (unpaired) electrons. The Bertz CT molecular complexity index is 350. The van der Waals surface area contributed by atoms with E-state index >= 15 is 0 Å². The Morgan fingerprint density at radius 2 is 1.20 bits per heavy atom. The molecule has 25 heavy (non-hydrogen) atoms. The van der Waals surface area contributed by atoms with Crippen molar-refractivity contribution in [3.8, 4) is 0 Å². The molecule has 0 bridgehead atoms. The van der Waals surface area contributed by atoms with Crippen molar-refractivity contribution in [2.75, 3.05) is 39.6 Å². The maximum absolute atomic E-state index is 10.4. The number of hydrogen-bond acceptors (Lipinski definition) is 6. The van der Waals surface area contributed by atoms with Gasteiger partial charge in [0.1, 0.15) is 0 Å². The Kier molecular flexibility index (Phi) is 9.29. The van der Waals surface area contributed by atoms with E-state index in [0.29, 0.717) is 31.6 Å². The molecule has 150 valence electrons. The quantitative estimate of drug-likeness (QED) is 0.460. The van der Waals surface area contributed by atoms with E-state index in [1.54, 1.807) is 6.92 Å². The second-order valence-electron chi connectivity index (χ2n) is 8.76. The molecule has 3 atom stereocenters. The molecule has 1 unspecified atom stereocenters. The summed E-state index contributed by atoms with van der Waals surface area (Å²) in [6.07, 6.45) is 1.05. The predicted octanol–water partition coefficient (Wildman–Crippen LogP) is 0.735. The second kappa shape index (κ2) is 10.2. The zero-order valence-corrected chi connectivity index (χ0v) is 16.7. The van der Waals surface area contributed by atoms with Crippen molar-refractivity contribution in [3.63, 3.8) is 0 Å². The van der Waals surface area contributed by atoms with Gasteiger partial charge in [0, 0.05) is 30.6 Å². The normalized spacial score (nSPS) is 23.2. The van der Waals surface area contributed by atoms with Crippen LogP contribution < -0.4 is 0 Å². The average Bonchev–Trinajstić information content (AvgIpc) is 2.56. The fourth-order valence-electron chi connectivity index (χ4n) is 3.94. The summed E-state index contributed by atoms with van der Waals surface area (Å²) < 4.78 is 0. The highest BCUT2D eigenvalue weighted by Gasteiger charge is 2.45. The van der Waals surface area contributed by atoms with Gasteiger partial charge in [-0.15, -0.1) is 0 Å². The molecule has 1 saturated heterocycles. The first kappa shape index (κ1) is 22.8. The lowest BCUT2D eigenvalue weighted by Crippen LogP contribution is -2.65. The van der Waals surface area contributed by atoms with Crippen molar-refractivity contribution in [2.24, 2.45) is 17.3 Å². The lowest BCUT2D eigenvalue weighted by atomic mass is 9.79. The summed E-state index contributed by atoms with van der Waals surface area (Å²) in [5, 5.41) is 40.3. The van der Waals surface area contributed by atoms with Crippen molar-refractivity contribution in [1.82, 2.24) is 9.80 Å². The van der Waals surface area contributed by atoms with E-state index in [9.17, 15) is 20.4 Å². The monoisotopic (exact) mass is 360 g/mol. The van der Waals surface area contributed by atoms with Gasteiger partial charge in [-0.05, 0) is 31.6 Å². The molecule has 1 rings (SSSR count). The molecule has 0 aromatic rings. The first-order chi connectivity index (χ1) is 11.7. The molecule has 4 N–H and O–H groups in total. The molecule has 0 saturated carbocycles. The van der Waals surface area contributed by atoms with E-state index in [4.69, 9.17) is 0 Å². The van der Waals surface area contributed by atoms with Crippen LogP contribution in [0.25, 0.3) is 0 Å². The Morgan fingerprint density at radius 1 is 0.800 bits per heavy atom. The summed E-state index contributed by atoms with van der Waals surface area (Å²) in [6.45, 7) is 12.0. The molecule has 0 aromatic heterocycles. The minimum atomic E-state index is -0.667. The van der Waals surface area contributed by atoms with Gasteiger partial charge in [-0.1, -0.05) is 27.7 Å². The molecule has 1 fully saturated rings. The SMILES string of the molecule is CC(C)C[C@@H](CO)N1CN([C@H](CO)CC(C)C)CC(CO)(C(C)O)C1. The molecule has 1 aliphatic rings. The molecule has 1 aliphatic heterocycles. The number of nitrogens with zero attached hydrogens (tertiary/aromatic N) is 2. The minimum absolute atomic E-state index is 0.00846. The van der Waals surface area contributed by atoms with E-state index in [1.165, 1.54) is 0 Å². The zero-order chi connectivity index (χ0) is 19.2. The number of aliphatic hydroxyl groups excluding tert-OH is 4. The average molecular weight is 361 g/mol. The Morgan fingerprint density at radius 3 is 1.44 bits per heavy atom. The summed E-state index contributed by atoms with van der Waals surface area (Å²) in [6, 6.07) is -0.0169. The van der Waals surface area contributed by atoms with E-state index in [0.717, 1.165) is 12.8 Å². The first-order valence-corrected chi connectivity index (χ1v) is 9.67. The van der Waals surface area contributed by atoms with Gasteiger partial charge in [-0.25, -0.2) is 0 Å². The third-order valence-electron chi connectivity index (χ3n) is 5.54. The van der Waals surface area contributed by atoms with Crippen LogP contribution in [0, 0.1) is 17.3 Å². The predicted molar refractivity (Wildman–Crippen MR) is 100 cm³/mol. The van der Waals surface area contributed by atoms with Crippen molar-refractivity contribution in [3.05, 3.63) is 0 Å². The maximum Gasteiger partial charge on any atom is 0.0615 e. The molecule has 0 aromatic carbocycles. The number of aliphatic hydroxyl groups is 4. The maximum atomic E-state index is 10.4. The van der Waals surface area contributed by atoms with Crippen LogP contribution in [-0.4, -0.2) is 88.0 Å². The van der Waals surface area contributed by atoms with Crippen LogP contribution in [0.4, 0.5) is 0 Å². The summed E-state index contributed by atoms with van der Waals surface area (Å²) >= 11 is 0. The van der Waals surface area contributed by atoms with Crippen LogP contribution in [0.1, 0.15) is 47.5 Å². The van der Waals surface area contributed by atoms with Crippen LogP contribution in [-0.2, 0) is 0 Å². The van der Waals surface area contributed by atoms with Crippen LogP contribution in [0.15, 0.2) is 0 Å². The van der Waals surface area contributed by atoms with E-state index in [1.807, 2.05) is 0 Å². The van der Waals surface area contributed by atoms with Gasteiger partial charge < -0.3 is 20.4 Å². The zero-order valence-electron chi connectivity index (χ0n) is 16.7. The van der Waals surface area contributed by atoms with Crippen LogP contribution >= 0.6 is 0 Å². The number of hydrogen-bond donors (Lipinski definition) is 4. The molecular weight excluding hydrogens is 320 g/mol. The highest BCUT2D eigenvalue weighted by molar-refractivity contribution is 4.96. The summed E-state index contributed by atoms with van der Waals surface area (Å²) in [7, 11) is 0.